The Morgan fingerprint density at radius 1 is 1.48 bits per heavy atom. The molecule has 2 amide bonds. The first-order valence-electron chi connectivity index (χ1n) is 7.14. The van der Waals surface area contributed by atoms with Crippen LogP contribution in [0, 0.1) is 0 Å². The predicted octanol–water partition coefficient (Wildman–Crippen LogP) is -0.318. The van der Waals surface area contributed by atoms with E-state index in [-0.39, 0.29) is 24.7 Å². The van der Waals surface area contributed by atoms with Gasteiger partial charge in [-0.25, -0.2) is 8.42 Å². The van der Waals surface area contributed by atoms with Crippen LogP contribution in [0.5, 0.6) is 0 Å². The fraction of sp³-hybridized carbons (Fsp3) is 0.500. The van der Waals surface area contributed by atoms with Crippen molar-refractivity contribution < 1.29 is 22.7 Å². The maximum atomic E-state index is 12.4. The van der Waals surface area contributed by atoms with Gasteiger partial charge in [0.25, 0.3) is 0 Å². The van der Waals surface area contributed by atoms with Gasteiger partial charge in [0.15, 0.2) is 9.84 Å². The number of anilines is 1. The van der Waals surface area contributed by atoms with Crippen molar-refractivity contribution in [1.82, 2.24) is 9.88 Å². The van der Waals surface area contributed by atoms with Gasteiger partial charge in [-0.2, -0.15) is 0 Å². The van der Waals surface area contributed by atoms with Gasteiger partial charge in [-0.1, -0.05) is 0 Å². The van der Waals surface area contributed by atoms with Crippen LogP contribution in [-0.2, 0) is 24.2 Å². The molecular formula is C14H19N3O5S. The molecule has 1 aliphatic heterocycles. The zero-order valence-electron chi connectivity index (χ0n) is 12.8. The van der Waals surface area contributed by atoms with E-state index in [0.717, 1.165) is 0 Å². The van der Waals surface area contributed by atoms with Crippen LogP contribution in [0.4, 0.5) is 5.69 Å². The molecule has 126 valence electrons. The lowest BCUT2D eigenvalue weighted by atomic mass is 10.2. The van der Waals surface area contributed by atoms with Gasteiger partial charge >= 0.3 is 11.8 Å². The number of sulfone groups is 1. The number of aromatic nitrogens is 1. The minimum atomic E-state index is -3.16. The number of carbonyl (C=O) groups is 2. The third-order valence-corrected chi connectivity index (χ3v) is 5.31. The summed E-state index contributed by atoms with van der Waals surface area (Å²) in [5.74, 6) is -1.69. The Morgan fingerprint density at radius 2 is 2.26 bits per heavy atom. The molecule has 0 aromatic carbocycles. The summed E-state index contributed by atoms with van der Waals surface area (Å²) in [6, 6.07) is 2.74. The Kier molecular flexibility index (Phi) is 5.67. The van der Waals surface area contributed by atoms with Crippen molar-refractivity contribution in [3.8, 4) is 0 Å². The molecule has 2 rings (SSSR count). The lowest BCUT2D eigenvalue weighted by molar-refractivity contribution is -0.144. The Hall–Kier alpha value is -2.00. The highest BCUT2D eigenvalue weighted by Gasteiger charge is 2.36. The fourth-order valence-electron chi connectivity index (χ4n) is 2.41. The smallest absolute Gasteiger partial charge is 0.313 e. The minimum absolute atomic E-state index is 0.0264. The molecule has 0 saturated carbocycles. The highest BCUT2D eigenvalue weighted by molar-refractivity contribution is 7.91. The number of hydrogen-bond acceptors (Lipinski definition) is 6. The number of carbonyl (C=O) groups excluding carboxylic acids is 2. The van der Waals surface area contributed by atoms with Crippen LogP contribution in [0.1, 0.15) is 6.42 Å². The Labute approximate surface area is 134 Å². The second-order valence-corrected chi connectivity index (χ2v) is 7.47. The molecule has 2 heterocycles. The molecule has 8 nitrogen and oxygen atoms in total. The molecule has 1 N–H and O–H groups in total. The van der Waals surface area contributed by atoms with Gasteiger partial charge in [-0.3, -0.25) is 14.6 Å². The highest BCUT2D eigenvalue weighted by atomic mass is 32.2. The van der Waals surface area contributed by atoms with Crippen LogP contribution < -0.4 is 5.32 Å². The molecule has 1 unspecified atom stereocenters. The molecule has 1 aromatic rings. The van der Waals surface area contributed by atoms with E-state index in [2.05, 4.69) is 10.3 Å². The van der Waals surface area contributed by atoms with E-state index in [0.29, 0.717) is 12.1 Å². The average Bonchev–Trinajstić information content (AvgIpc) is 2.88. The molecule has 0 radical (unpaired) electrons. The van der Waals surface area contributed by atoms with Gasteiger partial charge in [0, 0.05) is 25.9 Å². The van der Waals surface area contributed by atoms with Crippen LogP contribution >= 0.6 is 0 Å². The van der Waals surface area contributed by atoms with Gasteiger partial charge in [0.05, 0.1) is 30.0 Å². The second-order valence-electron chi connectivity index (χ2n) is 5.24. The van der Waals surface area contributed by atoms with E-state index in [9.17, 15) is 18.0 Å². The summed E-state index contributed by atoms with van der Waals surface area (Å²) in [7, 11) is -1.68. The van der Waals surface area contributed by atoms with Crippen molar-refractivity contribution in [3.05, 3.63) is 24.5 Å². The van der Waals surface area contributed by atoms with Crippen molar-refractivity contribution in [2.75, 3.05) is 37.1 Å². The maximum Gasteiger partial charge on any atom is 0.313 e. The van der Waals surface area contributed by atoms with Crippen LogP contribution in [-0.4, -0.2) is 67.9 Å². The molecule has 0 bridgehead atoms. The third kappa shape index (κ3) is 4.73. The normalized spacial score (nSPS) is 19.3. The summed E-state index contributed by atoms with van der Waals surface area (Å²) in [6.07, 6.45) is 3.30. The quantitative estimate of drug-likeness (QED) is 0.736. The summed E-state index contributed by atoms with van der Waals surface area (Å²) in [5.41, 5.74) is 0.400. The molecule has 23 heavy (non-hydrogen) atoms. The van der Waals surface area contributed by atoms with Gasteiger partial charge in [-0.15, -0.1) is 0 Å². The highest BCUT2D eigenvalue weighted by Crippen LogP contribution is 2.18. The molecule has 9 heteroatoms. The zero-order chi connectivity index (χ0) is 16.9. The predicted molar refractivity (Wildman–Crippen MR) is 83.5 cm³/mol. The molecule has 0 spiro atoms. The van der Waals surface area contributed by atoms with Crippen LogP contribution in [0.2, 0.25) is 0 Å². The van der Waals surface area contributed by atoms with Crippen molar-refractivity contribution in [3.63, 3.8) is 0 Å². The second kappa shape index (κ2) is 7.51. The molecule has 1 aliphatic rings. The van der Waals surface area contributed by atoms with Gasteiger partial charge in [0.1, 0.15) is 0 Å². The van der Waals surface area contributed by atoms with Crippen LogP contribution in [0.15, 0.2) is 24.5 Å². The first kappa shape index (κ1) is 17.4. The summed E-state index contributed by atoms with van der Waals surface area (Å²) in [5, 5.41) is 2.46. The van der Waals surface area contributed by atoms with E-state index in [4.69, 9.17) is 4.74 Å². The van der Waals surface area contributed by atoms with E-state index >= 15 is 0 Å². The number of methoxy groups -OCH3 is 1. The standard InChI is InChI=1S/C14H19N3O5S/c1-22-7-6-17(12-4-8-23(20,21)10-12)14(19)13(18)16-11-3-2-5-15-9-11/h2-3,5,9,12H,4,6-8,10H2,1H3,(H,16,18). The molecule has 1 fully saturated rings. The number of ether oxygens (including phenoxy) is 1. The summed E-state index contributed by atoms with van der Waals surface area (Å²) < 4.78 is 28.2. The number of hydrogen-bond donors (Lipinski definition) is 1. The monoisotopic (exact) mass is 341 g/mol. The van der Waals surface area contributed by atoms with Crippen molar-refractivity contribution >= 4 is 27.3 Å². The Balaban J connectivity index is 2.08. The number of nitrogens with zero attached hydrogens (tertiary/aromatic N) is 2. The number of rotatable bonds is 5. The maximum absolute atomic E-state index is 12.4. The average molecular weight is 341 g/mol. The first-order chi connectivity index (χ1) is 10.9. The number of nitrogens with one attached hydrogen (secondary N) is 1. The van der Waals surface area contributed by atoms with Gasteiger partial charge < -0.3 is 15.0 Å². The summed E-state index contributed by atoms with van der Waals surface area (Å²) >= 11 is 0. The molecular weight excluding hydrogens is 322 g/mol. The van der Waals surface area contributed by atoms with E-state index in [1.165, 1.54) is 18.2 Å². The lowest BCUT2D eigenvalue weighted by Crippen LogP contribution is -2.47. The van der Waals surface area contributed by atoms with E-state index < -0.39 is 27.7 Å². The molecule has 1 aromatic heterocycles. The summed E-state index contributed by atoms with van der Waals surface area (Å²) in [4.78, 5) is 29.6. The largest absolute Gasteiger partial charge is 0.383 e. The van der Waals surface area contributed by atoms with Crippen LogP contribution in [0.3, 0.4) is 0 Å². The molecule has 1 atom stereocenters. The van der Waals surface area contributed by atoms with Gasteiger partial charge in [0.2, 0.25) is 0 Å². The zero-order valence-corrected chi connectivity index (χ0v) is 13.6. The Morgan fingerprint density at radius 3 is 2.83 bits per heavy atom. The molecule has 1 saturated heterocycles. The number of pyridine rings is 1. The van der Waals surface area contributed by atoms with E-state index in [1.807, 2.05) is 0 Å². The first-order valence-corrected chi connectivity index (χ1v) is 8.96. The third-order valence-electron chi connectivity index (χ3n) is 3.56. The Bertz CT molecular complexity index is 662. The summed E-state index contributed by atoms with van der Waals surface area (Å²) in [6.45, 7) is 0.387. The van der Waals surface area contributed by atoms with Crippen molar-refractivity contribution in [2.24, 2.45) is 0 Å². The fourth-order valence-corrected chi connectivity index (χ4v) is 4.14. The number of amides is 2. The van der Waals surface area contributed by atoms with Crippen LogP contribution in [0.25, 0.3) is 0 Å². The van der Waals surface area contributed by atoms with Gasteiger partial charge in [-0.05, 0) is 18.6 Å². The topological polar surface area (TPSA) is 106 Å². The van der Waals surface area contributed by atoms with Crippen molar-refractivity contribution in [2.45, 2.75) is 12.5 Å². The van der Waals surface area contributed by atoms with Crippen molar-refractivity contribution in [1.29, 1.82) is 0 Å². The minimum Gasteiger partial charge on any atom is -0.383 e. The molecule has 0 aliphatic carbocycles. The lowest BCUT2D eigenvalue weighted by Gasteiger charge is -2.27. The SMILES string of the molecule is COCCN(C(=O)C(=O)Nc1cccnc1)C1CCS(=O)(=O)C1. The van der Waals surface area contributed by atoms with E-state index in [1.54, 1.807) is 18.3 Å².